The van der Waals surface area contributed by atoms with Crippen LogP contribution in [0.1, 0.15) is 18.4 Å². The highest BCUT2D eigenvalue weighted by atomic mass is 35.5. The summed E-state index contributed by atoms with van der Waals surface area (Å²) < 4.78 is 131. The van der Waals surface area contributed by atoms with E-state index in [-0.39, 0.29) is 22.9 Å². The van der Waals surface area contributed by atoms with Crippen molar-refractivity contribution < 1.29 is 48.3 Å². The van der Waals surface area contributed by atoms with Gasteiger partial charge in [-0.25, -0.2) is 25.6 Å². The average Bonchev–Trinajstić information content (AvgIpc) is 2.83. The lowest BCUT2D eigenvalue weighted by Crippen LogP contribution is -2.57. The first-order chi connectivity index (χ1) is 17.6. The maximum absolute atomic E-state index is 15.3. The van der Waals surface area contributed by atoms with Gasteiger partial charge in [-0.2, -0.15) is 13.2 Å². The predicted octanol–water partition coefficient (Wildman–Crippen LogP) is 3.78. The Morgan fingerprint density at radius 1 is 1.05 bits per heavy atom. The largest absolute Gasteiger partial charge is 0.490 e. The smallest absolute Gasteiger partial charge is 0.404 e. The molecule has 1 saturated heterocycles. The van der Waals surface area contributed by atoms with Crippen molar-refractivity contribution in [2.75, 3.05) is 24.7 Å². The van der Waals surface area contributed by atoms with Gasteiger partial charge in [0.25, 0.3) is 0 Å². The van der Waals surface area contributed by atoms with E-state index in [1.807, 2.05) is 0 Å². The maximum Gasteiger partial charge on any atom is 0.404 e. The van der Waals surface area contributed by atoms with Crippen LogP contribution < -0.4 is 10.5 Å². The van der Waals surface area contributed by atoms with Gasteiger partial charge in [0.15, 0.2) is 31.2 Å². The zero-order chi connectivity index (χ0) is 28.1. The van der Waals surface area contributed by atoms with Crippen molar-refractivity contribution in [3.63, 3.8) is 0 Å². The summed E-state index contributed by atoms with van der Waals surface area (Å²) in [5, 5.41) is 0.231. The van der Waals surface area contributed by atoms with Gasteiger partial charge in [-0.05, 0) is 49.2 Å². The van der Waals surface area contributed by atoms with Gasteiger partial charge in [0.05, 0.1) is 34.7 Å². The van der Waals surface area contributed by atoms with E-state index in [4.69, 9.17) is 26.8 Å². The van der Waals surface area contributed by atoms with Gasteiger partial charge in [0.2, 0.25) is 0 Å². The molecule has 2 aromatic rings. The van der Waals surface area contributed by atoms with Crippen LogP contribution in [0, 0.1) is 17.6 Å². The van der Waals surface area contributed by atoms with E-state index in [0.717, 1.165) is 12.1 Å². The van der Waals surface area contributed by atoms with Gasteiger partial charge in [-0.15, -0.1) is 0 Å². The number of rotatable bonds is 7. The molecular formula is C23H23ClF5NO6S2. The van der Waals surface area contributed by atoms with Crippen LogP contribution in [0.2, 0.25) is 5.02 Å². The van der Waals surface area contributed by atoms with Gasteiger partial charge in [0.1, 0.15) is 16.6 Å². The second-order valence-corrected chi connectivity index (χ2v) is 14.1. The molecule has 2 N–H and O–H groups in total. The zero-order valence-electron chi connectivity index (χ0n) is 19.5. The first-order valence-corrected chi connectivity index (χ1v) is 15.0. The van der Waals surface area contributed by atoms with Crippen LogP contribution in [-0.2, 0) is 29.2 Å². The quantitative estimate of drug-likeness (QED) is 0.479. The Kier molecular flexibility index (Phi) is 7.78. The highest BCUT2D eigenvalue weighted by Gasteiger charge is 2.61. The second-order valence-electron chi connectivity index (χ2n) is 9.21. The summed E-state index contributed by atoms with van der Waals surface area (Å²) in [5.74, 6) is -6.03. The summed E-state index contributed by atoms with van der Waals surface area (Å²) in [4.78, 5) is -0.243. The molecule has 0 aromatic heterocycles. The molecule has 2 heterocycles. The minimum absolute atomic E-state index is 0.231. The third kappa shape index (κ3) is 5.12. The zero-order valence-corrected chi connectivity index (χ0v) is 21.9. The fraction of sp³-hybridized carbons (Fsp3) is 0.478. The molecule has 7 nitrogen and oxygen atoms in total. The van der Waals surface area contributed by atoms with Crippen molar-refractivity contribution in [1.82, 2.24) is 0 Å². The number of nitrogens with two attached hydrogens (primary N) is 1. The summed E-state index contributed by atoms with van der Waals surface area (Å²) in [7, 11) is -8.87. The lowest BCUT2D eigenvalue weighted by Gasteiger charge is -2.50. The second kappa shape index (κ2) is 10.2. The van der Waals surface area contributed by atoms with Gasteiger partial charge in [0, 0.05) is 17.5 Å². The molecule has 0 aliphatic carbocycles. The topological polar surface area (TPSA) is 113 Å². The van der Waals surface area contributed by atoms with Crippen LogP contribution in [0.15, 0.2) is 41.3 Å². The van der Waals surface area contributed by atoms with Crippen molar-refractivity contribution in [3.8, 4) is 5.75 Å². The van der Waals surface area contributed by atoms with Crippen molar-refractivity contribution >= 4 is 31.3 Å². The van der Waals surface area contributed by atoms with E-state index in [1.165, 1.54) is 24.3 Å². The molecule has 2 aromatic carbocycles. The Labute approximate surface area is 220 Å². The summed E-state index contributed by atoms with van der Waals surface area (Å²) in [5.41, 5.74) is 4.42. The summed E-state index contributed by atoms with van der Waals surface area (Å²) in [6.45, 7) is -0.765. The van der Waals surface area contributed by atoms with Crippen LogP contribution in [0.4, 0.5) is 22.0 Å². The molecule has 1 fully saturated rings. The average molecular weight is 604 g/mol. The number of fused-ring (bicyclic) bond motifs is 3. The van der Waals surface area contributed by atoms with Crippen LogP contribution in [0.25, 0.3) is 0 Å². The molecule has 210 valence electrons. The highest BCUT2D eigenvalue weighted by molar-refractivity contribution is 7.92. The maximum atomic E-state index is 15.3. The standard InChI is InChI=1S/C23H23ClF5NO6S2/c24-13-1-3-14(4-2-13)38(33,34)22-8-9-35-18(7-10-37(31,32)12-19(30)23(27,28)29)15(22)11-36-21-17(26)6-5-16(25)20(21)22/h1-6,15,18-19H,7-12,30H2/t15-,18-,19?,22-/m0/s1. The fourth-order valence-corrected chi connectivity index (χ4v) is 9.05. The Hall–Kier alpha value is -2.00. The number of hydrogen-bond acceptors (Lipinski definition) is 7. The Balaban J connectivity index is 1.78. The molecule has 2 aliphatic heterocycles. The van der Waals surface area contributed by atoms with Gasteiger partial charge >= 0.3 is 6.18 Å². The van der Waals surface area contributed by atoms with E-state index in [2.05, 4.69) is 0 Å². The number of ether oxygens (including phenoxy) is 2. The van der Waals surface area contributed by atoms with Crippen LogP contribution in [-0.4, -0.2) is 59.9 Å². The van der Waals surface area contributed by atoms with E-state index in [9.17, 15) is 34.4 Å². The third-order valence-corrected chi connectivity index (χ3v) is 11.5. The predicted molar refractivity (Wildman–Crippen MR) is 127 cm³/mol. The SMILES string of the molecule is NC(CS(=O)(=O)CC[C@@H]1OCC[C@@]2(S(=O)(=O)c3ccc(Cl)cc3)c3c(F)ccc(F)c3OC[C@@H]12)C(F)(F)F. The van der Waals surface area contributed by atoms with E-state index < -0.39 is 96.1 Å². The Morgan fingerprint density at radius 2 is 1.68 bits per heavy atom. The molecule has 15 heteroatoms. The lowest BCUT2D eigenvalue weighted by atomic mass is 9.75. The molecule has 4 atom stereocenters. The number of benzene rings is 2. The number of halogens is 6. The number of sulfone groups is 2. The minimum Gasteiger partial charge on any atom is -0.490 e. The molecular weight excluding hydrogens is 581 g/mol. The van der Waals surface area contributed by atoms with E-state index in [0.29, 0.717) is 0 Å². The summed E-state index contributed by atoms with van der Waals surface area (Å²) >= 11 is 5.90. The van der Waals surface area contributed by atoms with Crippen LogP contribution in [0.3, 0.4) is 0 Å². The van der Waals surface area contributed by atoms with Gasteiger partial charge in [-0.1, -0.05) is 11.6 Å². The fourth-order valence-electron chi connectivity index (χ4n) is 5.08. The molecule has 0 bridgehead atoms. The van der Waals surface area contributed by atoms with Crippen molar-refractivity contribution in [2.45, 2.75) is 40.8 Å². The van der Waals surface area contributed by atoms with Gasteiger partial charge < -0.3 is 15.2 Å². The first kappa shape index (κ1) is 29.0. The molecule has 38 heavy (non-hydrogen) atoms. The van der Waals surface area contributed by atoms with Gasteiger partial charge in [-0.3, -0.25) is 0 Å². The minimum atomic E-state index is -4.93. The molecule has 4 rings (SSSR count). The molecule has 0 spiro atoms. The Bertz CT molecular complexity index is 1420. The third-order valence-electron chi connectivity index (χ3n) is 6.91. The summed E-state index contributed by atoms with van der Waals surface area (Å²) in [6, 6.07) is 4.01. The molecule has 2 aliphatic rings. The molecule has 0 radical (unpaired) electrons. The van der Waals surface area contributed by atoms with Crippen molar-refractivity contribution in [3.05, 3.63) is 58.6 Å². The summed E-state index contributed by atoms with van der Waals surface area (Å²) in [6.07, 6.45) is -6.87. The van der Waals surface area contributed by atoms with E-state index in [1.54, 1.807) is 0 Å². The molecule has 1 unspecified atom stereocenters. The first-order valence-electron chi connectivity index (χ1n) is 11.4. The molecule has 0 saturated carbocycles. The Morgan fingerprint density at radius 3 is 2.32 bits per heavy atom. The van der Waals surface area contributed by atoms with E-state index >= 15 is 4.39 Å². The normalized spacial score (nSPS) is 24.7. The monoisotopic (exact) mass is 603 g/mol. The highest BCUT2D eigenvalue weighted by Crippen LogP contribution is 2.56. The number of hydrogen-bond donors (Lipinski definition) is 1. The molecule has 0 amide bonds. The van der Waals surface area contributed by atoms with Crippen molar-refractivity contribution in [2.24, 2.45) is 11.7 Å². The number of alkyl halides is 3. The lowest BCUT2D eigenvalue weighted by molar-refractivity contribution is -0.142. The van der Waals surface area contributed by atoms with Crippen LogP contribution in [0.5, 0.6) is 5.75 Å². The van der Waals surface area contributed by atoms with Crippen molar-refractivity contribution in [1.29, 1.82) is 0 Å². The van der Waals surface area contributed by atoms with Crippen LogP contribution >= 0.6 is 11.6 Å².